The fourth-order valence-corrected chi connectivity index (χ4v) is 5.90. The Morgan fingerprint density at radius 3 is 2.42 bits per heavy atom. The van der Waals surface area contributed by atoms with Crippen molar-refractivity contribution in [3.05, 3.63) is 34.9 Å². The van der Waals surface area contributed by atoms with E-state index in [2.05, 4.69) is 5.32 Å². The number of hydrogen-bond donors (Lipinski definition) is 5. The number of likely N-dealkylation sites (N-methyl/N-ethyl adjacent to an activating group) is 1. The fraction of sp³-hybridized carbons (Fsp3) is 0.750. The van der Waals surface area contributed by atoms with Crippen LogP contribution in [0.5, 0.6) is 0 Å². The largest absolute Gasteiger partial charge is 0.391 e. The third kappa shape index (κ3) is 4.46. The predicted octanol–water partition coefficient (Wildman–Crippen LogP) is 1.35. The highest BCUT2D eigenvalue weighted by Crippen LogP contribution is 2.49. The lowest BCUT2D eigenvalue weighted by atomic mass is 9.73. The van der Waals surface area contributed by atoms with E-state index in [0.717, 1.165) is 5.56 Å². The third-order valence-electron chi connectivity index (χ3n) is 7.60. The first-order valence-electron chi connectivity index (χ1n) is 11.8. The van der Waals surface area contributed by atoms with Gasteiger partial charge in [-0.3, -0.25) is 0 Å². The molecule has 0 aromatic heterocycles. The molecule has 1 aromatic carbocycles. The number of rotatable bonds is 6. The van der Waals surface area contributed by atoms with Gasteiger partial charge in [-0.05, 0) is 57.4 Å². The van der Waals surface area contributed by atoms with E-state index < -0.39 is 54.1 Å². The Morgan fingerprint density at radius 1 is 1.09 bits per heavy atom. The lowest BCUT2D eigenvalue weighted by molar-refractivity contribution is -0.485. The molecule has 0 amide bonds. The van der Waals surface area contributed by atoms with Crippen LogP contribution in [-0.2, 0) is 20.6 Å². The number of aliphatic hydroxyl groups is 4. The second kappa shape index (κ2) is 9.68. The number of ether oxygens (including phenoxy) is 3. The Hall–Kier alpha value is -0.810. The highest BCUT2D eigenvalue weighted by Gasteiger charge is 2.68. The predicted molar refractivity (Wildman–Crippen MR) is 122 cm³/mol. The Bertz CT molecular complexity index is 813. The van der Waals surface area contributed by atoms with Gasteiger partial charge in [0.05, 0.1) is 24.4 Å². The van der Waals surface area contributed by atoms with Crippen molar-refractivity contribution >= 4 is 11.6 Å². The molecule has 9 heteroatoms. The van der Waals surface area contributed by atoms with Crippen LogP contribution in [-0.4, -0.2) is 81.7 Å². The minimum absolute atomic E-state index is 0.161. The molecule has 0 bridgehead atoms. The first-order chi connectivity index (χ1) is 15.6. The van der Waals surface area contributed by atoms with Crippen molar-refractivity contribution in [2.24, 2.45) is 5.92 Å². The molecule has 4 rings (SSSR count). The van der Waals surface area contributed by atoms with E-state index in [1.165, 1.54) is 0 Å². The summed E-state index contributed by atoms with van der Waals surface area (Å²) in [7, 11) is 1.69. The van der Waals surface area contributed by atoms with E-state index >= 15 is 0 Å². The molecular formula is C24H36ClNO7. The highest BCUT2D eigenvalue weighted by molar-refractivity contribution is 6.30. The van der Waals surface area contributed by atoms with Crippen molar-refractivity contribution < 1.29 is 34.6 Å². The molecule has 2 saturated heterocycles. The summed E-state index contributed by atoms with van der Waals surface area (Å²) >= 11 is 5.96. The second-order valence-corrected chi connectivity index (χ2v) is 10.2. The molecule has 2 heterocycles. The topological polar surface area (TPSA) is 121 Å². The van der Waals surface area contributed by atoms with Gasteiger partial charge in [0.15, 0.2) is 0 Å². The summed E-state index contributed by atoms with van der Waals surface area (Å²) in [5.74, 6) is -2.56. The van der Waals surface area contributed by atoms with Crippen molar-refractivity contribution in [1.29, 1.82) is 0 Å². The molecule has 1 aliphatic carbocycles. The Morgan fingerprint density at radius 2 is 1.79 bits per heavy atom. The number of halogens is 1. The summed E-state index contributed by atoms with van der Waals surface area (Å²) in [6, 6.07) is 6.93. The zero-order valence-corrected chi connectivity index (χ0v) is 20.1. The van der Waals surface area contributed by atoms with Gasteiger partial charge < -0.3 is 40.0 Å². The molecule has 0 spiro atoms. The van der Waals surface area contributed by atoms with Crippen molar-refractivity contribution in [1.82, 2.24) is 5.32 Å². The Labute approximate surface area is 199 Å². The maximum Gasteiger partial charge on any atom is 0.248 e. The molecule has 2 aliphatic heterocycles. The van der Waals surface area contributed by atoms with Crippen LogP contribution in [0.4, 0.5) is 0 Å². The summed E-state index contributed by atoms with van der Waals surface area (Å²) in [4.78, 5) is 0. The number of nitrogens with one attached hydrogen (secondary N) is 1. The van der Waals surface area contributed by atoms with Crippen LogP contribution >= 0.6 is 11.6 Å². The molecule has 10 atom stereocenters. The van der Waals surface area contributed by atoms with E-state index in [0.29, 0.717) is 24.3 Å². The van der Waals surface area contributed by atoms with Crippen LogP contribution in [0.1, 0.15) is 45.1 Å². The van der Waals surface area contributed by atoms with E-state index in [1.807, 2.05) is 38.1 Å². The molecule has 1 aromatic rings. The molecule has 8 nitrogen and oxygen atoms in total. The Balaban J connectivity index is 1.56. The summed E-state index contributed by atoms with van der Waals surface area (Å²) in [5, 5.41) is 48.8. The molecule has 186 valence electrons. The van der Waals surface area contributed by atoms with Crippen LogP contribution in [0.3, 0.4) is 0 Å². The summed E-state index contributed by atoms with van der Waals surface area (Å²) in [6.45, 7) is 3.70. The van der Waals surface area contributed by atoms with Gasteiger partial charge in [-0.1, -0.05) is 30.7 Å². The van der Waals surface area contributed by atoms with Crippen LogP contribution in [0.2, 0.25) is 5.02 Å². The van der Waals surface area contributed by atoms with Crippen LogP contribution < -0.4 is 5.32 Å². The fourth-order valence-electron chi connectivity index (χ4n) is 5.77. The standard InChI is InChI=1S/C24H36ClNO7/c1-4-16-18(27)17(26-3)20-21(19(16)28)32-22-24(30,33-20)23(29,12-13(2)31-22)11-5-6-14-7-9-15(25)10-8-14/h7-10,13,16-22,26-30H,4-6,11-12H2,1-3H3/t13-,16-,17+,18+,19+,20-,21-,22+,23+,24-/m1/s1. The first-order valence-corrected chi connectivity index (χ1v) is 12.2. The lowest BCUT2D eigenvalue weighted by Gasteiger charge is -2.60. The summed E-state index contributed by atoms with van der Waals surface area (Å²) in [6.07, 6.45) is -2.98. The second-order valence-electron chi connectivity index (χ2n) is 9.74. The summed E-state index contributed by atoms with van der Waals surface area (Å²) < 4.78 is 18.1. The van der Waals surface area contributed by atoms with E-state index in [1.54, 1.807) is 7.05 Å². The normalized spacial score (nSPS) is 45.3. The highest BCUT2D eigenvalue weighted by atomic mass is 35.5. The van der Waals surface area contributed by atoms with Crippen LogP contribution in [0, 0.1) is 5.92 Å². The maximum absolute atomic E-state index is 11.7. The Kier molecular flexibility index (Phi) is 7.42. The van der Waals surface area contributed by atoms with Gasteiger partial charge in [-0.2, -0.15) is 0 Å². The number of hydrogen-bond acceptors (Lipinski definition) is 8. The number of aliphatic hydroxyl groups excluding tert-OH is 2. The van der Waals surface area contributed by atoms with E-state index in [9.17, 15) is 20.4 Å². The van der Waals surface area contributed by atoms with Crippen LogP contribution in [0.25, 0.3) is 0 Å². The number of fused-ring (bicyclic) bond motifs is 2. The molecule has 3 fully saturated rings. The van der Waals surface area contributed by atoms with Crippen molar-refractivity contribution in [3.8, 4) is 0 Å². The number of aryl methyl sites for hydroxylation is 1. The summed E-state index contributed by atoms with van der Waals surface area (Å²) in [5.41, 5.74) is -0.561. The van der Waals surface area contributed by atoms with Crippen LogP contribution in [0.15, 0.2) is 24.3 Å². The van der Waals surface area contributed by atoms with E-state index in [4.69, 9.17) is 25.8 Å². The quantitative estimate of drug-likeness (QED) is 0.409. The average Bonchev–Trinajstić information content (AvgIpc) is 2.76. The lowest BCUT2D eigenvalue weighted by Crippen LogP contribution is -2.78. The average molecular weight is 486 g/mol. The van der Waals surface area contributed by atoms with Gasteiger partial charge in [-0.15, -0.1) is 0 Å². The number of benzene rings is 1. The minimum Gasteiger partial charge on any atom is -0.391 e. The van der Waals surface area contributed by atoms with Crippen molar-refractivity contribution in [2.45, 2.75) is 100 Å². The van der Waals surface area contributed by atoms with Crippen molar-refractivity contribution in [2.75, 3.05) is 7.05 Å². The minimum atomic E-state index is -2.14. The van der Waals surface area contributed by atoms with Gasteiger partial charge in [0.25, 0.3) is 0 Å². The first kappa shape index (κ1) is 25.3. The molecule has 5 N–H and O–H groups in total. The molecule has 33 heavy (non-hydrogen) atoms. The monoisotopic (exact) mass is 485 g/mol. The molecule has 0 unspecified atom stereocenters. The smallest absolute Gasteiger partial charge is 0.248 e. The van der Waals surface area contributed by atoms with E-state index in [-0.39, 0.29) is 18.9 Å². The van der Waals surface area contributed by atoms with Gasteiger partial charge in [0.1, 0.15) is 17.8 Å². The molecule has 0 radical (unpaired) electrons. The zero-order valence-electron chi connectivity index (χ0n) is 19.4. The maximum atomic E-state index is 11.7. The van der Waals surface area contributed by atoms with Gasteiger partial charge >= 0.3 is 0 Å². The van der Waals surface area contributed by atoms with Crippen molar-refractivity contribution in [3.63, 3.8) is 0 Å². The van der Waals surface area contributed by atoms with Gasteiger partial charge in [0, 0.05) is 17.4 Å². The SMILES string of the molecule is CC[C@@H]1[C@H](O)[C@H](NC)[C@H]2O[C@]3(O)[C@H](O[C@@H]2[C@H]1O)O[C@H](C)C[C@@]3(O)CCCc1ccc(Cl)cc1. The van der Waals surface area contributed by atoms with Gasteiger partial charge in [-0.25, -0.2) is 0 Å². The zero-order chi connectivity index (χ0) is 24.0. The van der Waals surface area contributed by atoms with Gasteiger partial charge in [0.2, 0.25) is 12.1 Å². The third-order valence-corrected chi connectivity index (χ3v) is 7.85. The molecule has 3 aliphatic rings. The molecular weight excluding hydrogens is 450 g/mol. The molecule has 1 saturated carbocycles.